The average molecular weight is 353 g/mol. The predicted molar refractivity (Wildman–Crippen MR) is 100 cm³/mol. The molecule has 1 aliphatic rings. The molecule has 6 nitrogen and oxygen atoms in total. The molecule has 0 radical (unpaired) electrons. The van der Waals surface area contributed by atoms with Crippen LogP contribution in [0.5, 0.6) is 11.5 Å². The van der Waals surface area contributed by atoms with Crippen LogP contribution in [0.2, 0.25) is 0 Å². The number of rotatable bonds is 4. The third-order valence-electron chi connectivity index (χ3n) is 5.19. The Morgan fingerprint density at radius 2 is 1.88 bits per heavy atom. The van der Waals surface area contributed by atoms with Gasteiger partial charge in [-0.2, -0.15) is 0 Å². The molecule has 26 heavy (non-hydrogen) atoms. The number of methoxy groups -OCH3 is 2. The minimum absolute atomic E-state index is 0.0747. The normalized spacial score (nSPS) is 15.3. The van der Waals surface area contributed by atoms with Crippen LogP contribution in [-0.2, 0) is 0 Å². The Kier molecular flexibility index (Phi) is 4.41. The summed E-state index contributed by atoms with van der Waals surface area (Å²) in [5.74, 6) is 1.79. The Morgan fingerprint density at radius 1 is 1.08 bits per heavy atom. The second kappa shape index (κ2) is 6.86. The number of aromatic nitrogens is 3. The Morgan fingerprint density at radius 3 is 2.62 bits per heavy atom. The highest BCUT2D eigenvalue weighted by Crippen LogP contribution is 2.34. The molecule has 0 bridgehead atoms. The summed E-state index contributed by atoms with van der Waals surface area (Å²) in [5.41, 5.74) is 3.13. The summed E-state index contributed by atoms with van der Waals surface area (Å²) in [7, 11) is 3.24. The molecular formula is C20H23N3O3. The van der Waals surface area contributed by atoms with Gasteiger partial charge in [0.05, 0.1) is 25.6 Å². The standard InChI is InChI=1S/C20H23N3O3/c1-25-14-8-9-15(18(10-14)26-2)17-11-19-21-16(12-20(24)23(19)22-17)13-6-4-3-5-7-13/h8-13,22H,3-7H2,1-2H3. The van der Waals surface area contributed by atoms with Gasteiger partial charge >= 0.3 is 0 Å². The first-order chi connectivity index (χ1) is 12.7. The van der Waals surface area contributed by atoms with Gasteiger partial charge in [-0.1, -0.05) is 19.3 Å². The van der Waals surface area contributed by atoms with Gasteiger partial charge in [0.2, 0.25) is 0 Å². The largest absolute Gasteiger partial charge is 0.497 e. The molecule has 2 heterocycles. The summed E-state index contributed by atoms with van der Waals surface area (Å²) < 4.78 is 12.2. The SMILES string of the molecule is COc1ccc(-c2cc3nc(C4CCCCC4)cc(=O)n3[nH]2)c(OC)c1. The van der Waals surface area contributed by atoms with Crippen molar-refractivity contribution < 1.29 is 9.47 Å². The van der Waals surface area contributed by atoms with Crippen molar-refractivity contribution in [3.05, 3.63) is 46.4 Å². The van der Waals surface area contributed by atoms with Crippen LogP contribution in [0.1, 0.15) is 43.7 Å². The van der Waals surface area contributed by atoms with E-state index in [0.29, 0.717) is 17.3 Å². The first-order valence-corrected chi connectivity index (χ1v) is 9.04. The van der Waals surface area contributed by atoms with E-state index >= 15 is 0 Å². The highest BCUT2D eigenvalue weighted by Gasteiger charge is 2.19. The van der Waals surface area contributed by atoms with Crippen molar-refractivity contribution in [2.45, 2.75) is 38.0 Å². The predicted octanol–water partition coefficient (Wildman–Crippen LogP) is 3.75. The highest BCUT2D eigenvalue weighted by atomic mass is 16.5. The maximum absolute atomic E-state index is 12.6. The van der Waals surface area contributed by atoms with Crippen LogP contribution in [0.25, 0.3) is 16.9 Å². The van der Waals surface area contributed by atoms with Gasteiger partial charge in [-0.05, 0) is 25.0 Å². The molecule has 1 fully saturated rings. The van der Waals surface area contributed by atoms with Gasteiger partial charge in [0, 0.05) is 29.7 Å². The number of hydrogen-bond donors (Lipinski definition) is 1. The molecule has 3 aromatic rings. The molecule has 0 atom stereocenters. The number of hydrogen-bond acceptors (Lipinski definition) is 4. The van der Waals surface area contributed by atoms with E-state index in [2.05, 4.69) is 5.10 Å². The first kappa shape index (κ1) is 16.7. The lowest BCUT2D eigenvalue weighted by atomic mass is 9.87. The molecule has 136 valence electrons. The third kappa shape index (κ3) is 2.96. The Labute approximate surface area is 151 Å². The summed E-state index contributed by atoms with van der Waals surface area (Å²) in [5, 5.41) is 3.14. The quantitative estimate of drug-likeness (QED) is 0.775. The third-order valence-corrected chi connectivity index (χ3v) is 5.19. The smallest absolute Gasteiger partial charge is 0.272 e. The maximum Gasteiger partial charge on any atom is 0.272 e. The molecule has 1 aromatic carbocycles. The van der Waals surface area contributed by atoms with E-state index < -0.39 is 0 Å². The Hall–Kier alpha value is -2.76. The van der Waals surface area contributed by atoms with Gasteiger partial charge < -0.3 is 9.47 Å². The van der Waals surface area contributed by atoms with Crippen molar-refractivity contribution in [1.82, 2.24) is 14.6 Å². The monoisotopic (exact) mass is 353 g/mol. The lowest BCUT2D eigenvalue weighted by Gasteiger charge is -2.20. The van der Waals surface area contributed by atoms with E-state index in [4.69, 9.17) is 14.5 Å². The Balaban J connectivity index is 1.78. The van der Waals surface area contributed by atoms with Crippen molar-refractivity contribution in [2.75, 3.05) is 14.2 Å². The minimum Gasteiger partial charge on any atom is -0.497 e. The van der Waals surface area contributed by atoms with Gasteiger partial charge in [-0.3, -0.25) is 9.89 Å². The molecule has 0 unspecified atom stereocenters. The molecule has 0 saturated heterocycles. The number of nitrogens with zero attached hydrogens (tertiary/aromatic N) is 2. The lowest BCUT2D eigenvalue weighted by Crippen LogP contribution is -2.18. The minimum atomic E-state index is -0.0747. The van der Waals surface area contributed by atoms with Crippen LogP contribution in [0, 0.1) is 0 Å². The summed E-state index contributed by atoms with van der Waals surface area (Å²) in [6.45, 7) is 0. The van der Waals surface area contributed by atoms with E-state index in [1.807, 2.05) is 24.3 Å². The Bertz CT molecular complexity index is 984. The van der Waals surface area contributed by atoms with Crippen LogP contribution in [0.4, 0.5) is 0 Å². The van der Waals surface area contributed by atoms with Crippen molar-refractivity contribution >= 4 is 5.65 Å². The summed E-state index contributed by atoms with van der Waals surface area (Å²) >= 11 is 0. The molecule has 0 aliphatic heterocycles. The number of fused-ring (bicyclic) bond motifs is 1. The number of H-pyrrole nitrogens is 1. The molecule has 0 spiro atoms. The van der Waals surface area contributed by atoms with Crippen LogP contribution in [-0.4, -0.2) is 28.8 Å². The fourth-order valence-electron chi connectivity index (χ4n) is 3.78. The lowest BCUT2D eigenvalue weighted by molar-refractivity contribution is 0.395. The van der Waals surface area contributed by atoms with Gasteiger partial charge in [0.1, 0.15) is 11.5 Å². The molecule has 4 rings (SSSR count). The average Bonchev–Trinajstić information content (AvgIpc) is 3.12. The zero-order valence-corrected chi connectivity index (χ0v) is 15.1. The molecule has 6 heteroatoms. The summed E-state index contributed by atoms with van der Waals surface area (Å²) in [6, 6.07) is 9.18. The maximum atomic E-state index is 12.6. The molecule has 2 aromatic heterocycles. The first-order valence-electron chi connectivity index (χ1n) is 9.04. The molecular weight excluding hydrogens is 330 g/mol. The van der Waals surface area contributed by atoms with Crippen molar-refractivity contribution in [3.8, 4) is 22.8 Å². The second-order valence-electron chi connectivity index (χ2n) is 6.78. The fourth-order valence-corrected chi connectivity index (χ4v) is 3.78. The van der Waals surface area contributed by atoms with Crippen molar-refractivity contribution in [1.29, 1.82) is 0 Å². The second-order valence-corrected chi connectivity index (χ2v) is 6.78. The van der Waals surface area contributed by atoms with Crippen LogP contribution in [0.3, 0.4) is 0 Å². The summed E-state index contributed by atoms with van der Waals surface area (Å²) in [6.07, 6.45) is 5.95. The number of ether oxygens (including phenoxy) is 2. The van der Waals surface area contributed by atoms with Gasteiger partial charge in [0.15, 0.2) is 5.65 Å². The zero-order valence-electron chi connectivity index (χ0n) is 15.1. The van der Waals surface area contributed by atoms with E-state index in [1.54, 1.807) is 20.3 Å². The van der Waals surface area contributed by atoms with Gasteiger partial charge in [-0.25, -0.2) is 9.50 Å². The number of benzene rings is 1. The topological polar surface area (TPSA) is 68.6 Å². The van der Waals surface area contributed by atoms with E-state index in [-0.39, 0.29) is 5.56 Å². The zero-order chi connectivity index (χ0) is 18.1. The van der Waals surface area contributed by atoms with E-state index in [1.165, 1.54) is 23.8 Å². The van der Waals surface area contributed by atoms with Crippen molar-refractivity contribution in [2.24, 2.45) is 0 Å². The van der Waals surface area contributed by atoms with Gasteiger partial charge in [-0.15, -0.1) is 0 Å². The van der Waals surface area contributed by atoms with Crippen LogP contribution >= 0.6 is 0 Å². The number of aromatic amines is 1. The molecule has 1 saturated carbocycles. The molecule has 0 amide bonds. The number of nitrogens with one attached hydrogen (secondary N) is 1. The summed E-state index contributed by atoms with van der Waals surface area (Å²) in [4.78, 5) is 17.3. The molecule has 1 N–H and O–H groups in total. The molecule has 1 aliphatic carbocycles. The van der Waals surface area contributed by atoms with E-state index in [9.17, 15) is 4.79 Å². The fraction of sp³-hybridized carbons (Fsp3) is 0.400. The van der Waals surface area contributed by atoms with Crippen molar-refractivity contribution in [3.63, 3.8) is 0 Å². The van der Waals surface area contributed by atoms with E-state index in [0.717, 1.165) is 35.5 Å². The van der Waals surface area contributed by atoms with Gasteiger partial charge in [0.25, 0.3) is 5.56 Å². The van der Waals surface area contributed by atoms with Crippen LogP contribution < -0.4 is 15.0 Å². The van der Waals surface area contributed by atoms with Crippen LogP contribution in [0.15, 0.2) is 35.1 Å². The highest BCUT2D eigenvalue weighted by molar-refractivity contribution is 5.71.